The quantitative estimate of drug-likeness (QED) is 0.906. The second-order valence-electron chi connectivity index (χ2n) is 5.67. The zero-order chi connectivity index (χ0) is 13.9. The topological polar surface area (TPSA) is 49.8 Å². The van der Waals surface area contributed by atoms with Gasteiger partial charge in [0.2, 0.25) is 0 Å². The lowest BCUT2D eigenvalue weighted by Crippen LogP contribution is -2.33. The molecule has 1 N–H and O–H groups in total. The number of hydrogen-bond acceptors (Lipinski definition) is 3. The van der Waals surface area contributed by atoms with Gasteiger partial charge in [-0.3, -0.25) is 9.69 Å². The first kappa shape index (κ1) is 13.9. The summed E-state index contributed by atoms with van der Waals surface area (Å²) in [6.45, 7) is 6.65. The minimum atomic E-state index is -0.737. The van der Waals surface area contributed by atoms with Gasteiger partial charge >= 0.3 is 5.97 Å². The maximum absolute atomic E-state index is 11.1. The first-order valence-electron chi connectivity index (χ1n) is 6.65. The Labute approximate surface area is 114 Å². The largest absolute Gasteiger partial charge is 0.492 e. The summed E-state index contributed by atoms with van der Waals surface area (Å²) in [6, 6.07) is 8.03. The van der Waals surface area contributed by atoms with Crippen LogP contribution in [0.4, 0.5) is 0 Å². The summed E-state index contributed by atoms with van der Waals surface area (Å²) in [5.74, 6) is 0.210. The van der Waals surface area contributed by atoms with Crippen molar-refractivity contribution < 1.29 is 14.6 Å². The van der Waals surface area contributed by atoms with Gasteiger partial charge < -0.3 is 9.84 Å². The van der Waals surface area contributed by atoms with E-state index in [2.05, 4.69) is 11.0 Å². The van der Waals surface area contributed by atoms with Crippen molar-refractivity contribution in [1.29, 1.82) is 0 Å². The Bertz CT molecular complexity index is 456. The van der Waals surface area contributed by atoms with E-state index in [-0.39, 0.29) is 0 Å². The average molecular weight is 263 g/mol. The average Bonchev–Trinajstić information content (AvgIpc) is 2.58. The molecule has 1 aromatic carbocycles. The van der Waals surface area contributed by atoms with Crippen LogP contribution in [0.5, 0.6) is 5.75 Å². The number of rotatable bonds is 4. The molecule has 0 fully saturated rings. The molecule has 0 saturated carbocycles. The Balaban J connectivity index is 1.98. The minimum Gasteiger partial charge on any atom is -0.492 e. The number of fused-ring (bicyclic) bond motifs is 1. The molecular weight excluding hydrogens is 242 g/mol. The summed E-state index contributed by atoms with van der Waals surface area (Å²) in [4.78, 5) is 13.4. The standard InChI is InChI=1S/C15H21NO3/c1-15(2,14(17)18)7-8-16-9-10-19-13-6-4-3-5-12(13)11-16/h3-6H,7-11H2,1-2H3,(H,17,18). The Hall–Kier alpha value is -1.55. The number of nitrogens with zero attached hydrogens (tertiary/aromatic N) is 1. The van der Waals surface area contributed by atoms with Crippen molar-refractivity contribution in [1.82, 2.24) is 4.90 Å². The lowest BCUT2D eigenvalue weighted by atomic mass is 9.89. The van der Waals surface area contributed by atoms with Gasteiger partial charge in [0.25, 0.3) is 0 Å². The Morgan fingerprint density at radius 1 is 1.42 bits per heavy atom. The van der Waals surface area contributed by atoms with Crippen LogP contribution >= 0.6 is 0 Å². The van der Waals surface area contributed by atoms with Crippen molar-refractivity contribution in [3.8, 4) is 5.75 Å². The van der Waals surface area contributed by atoms with Crippen molar-refractivity contribution in [2.75, 3.05) is 19.7 Å². The van der Waals surface area contributed by atoms with Crippen LogP contribution in [0.25, 0.3) is 0 Å². The number of carboxylic acids is 1. The van der Waals surface area contributed by atoms with Crippen molar-refractivity contribution in [2.45, 2.75) is 26.8 Å². The van der Waals surface area contributed by atoms with Crippen LogP contribution in [0.3, 0.4) is 0 Å². The molecule has 0 saturated heterocycles. The Morgan fingerprint density at radius 2 is 2.16 bits per heavy atom. The molecule has 1 aromatic rings. The third-order valence-corrected chi connectivity index (χ3v) is 3.66. The van der Waals surface area contributed by atoms with Gasteiger partial charge in [-0.2, -0.15) is 0 Å². The molecule has 4 nitrogen and oxygen atoms in total. The highest BCUT2D eigenvalue weighted by atomic mass is 16.5. The Morgan fingerprint density at radius 3 is 2.89 bits per heavy atom. The van der Waals surface area contributed by atoms with Crippen LogP contribution in [0.1, 0.15) is 25.8 Å². The molecule has 0 amide bonds. The summed E-state index contributed by atoms with van der Waals surface area (Å²) < 4.78 is 5.70. The molecule has 0 aromatic heterocycles. The van der Waals surface area contributed by atoms with Crippen molar-refractivity contribution in [3.05, 3.63) is 29.8 Å². The van der Waals surface area contributed by atoms with Crippen LogP contribution in [0, 0.1) is 5.41 Å². The summed E-state index contributed by atoms with van der Waals surface area (Å²) in [5, 5.41) is 9.14. The molecule has 0 aliphatic carbocycles. The number of hydrogen-bond donors (Lipinski definition) is 1. The van der Waals surface area contributed by atoms with Crippen LogP contribution in [0.15, 0.2) is 24.3 Å². The zero-order valence-corrected chi connectivity index (χ0v) is 11.6. The fourth-order valence-electron chi connectivity index (χ4n) is 2.12. The van der Waals surface area contributed by atoms with Gasteiger partial charge in [-0.1, -0.05) is 18.2 Å². The van der Waals surface area contributed by atoms with Crippen LogP contribution in [-0.2, 0) is 11.3 Å². The van der Waals surface area contributed by atoms with E-state index in [9.17, 15) is 4.79 Å². The monoisotopic (exact) mass is 263 g/mol. The minimum absolute atomic E-state index is 0.643. The second-order valence-corrected chi connectivity index (χ2v) is 5.67. The second kappa shape index (κ2) is 5.61. The maximum Gasteiger partial charge on any atom is 0.309 e. The lowest BCUT2D eigenvalue weighted by molar-refractivity contribution is -0.147. The maximum atomic E-state index is 11.1. The number of benzene rings is 1. The summed E-state index contributed by atoms with van der Waals surface area (Å²) >= 11 is 0. The highest BCUT2D eigenvalue weighted by Crippen LogP contribution is 2.25. The van der Waals surface area contributed by atoms with Crippen LogP contribution in [0.2, 0.25) is 0 Å². The molecule has 4 heteroatoms. The number of para-hydroxylation sites is 1. The van der Waals surface area contributed by atoms with E-state index in [0.29, 0.717) is 13.0 Å². The smallest absolute Gasteiger partial charge is 0.309 e. The van der Waals surface area contributed by atoms with E-state index >= 15 is 0 Å². The third-order valence-electron chi connectivity index (χ3n) is 3.66. The van der Waals surface area contributed by atoms with E-state index < -0.39 is 11.4 Å². The highest BCUT2D eigenvalue weighted by Gasteiger charge is 2.28. The van der Waals surface area contributed by atoms with Crippen molar-refractivity contribution in [3.63, 3.8) is 0 Å². The van der Waals surface area contributed by atoms with Crippen LogP contribution < -0.4 is 4.74 Å². The molecule has 104 valence electrons. The normalized spacial score (nSPS) is 16.3. The molecule has 1 heterocycles. The number of carboxylic acid groups (broad SMARTS) is 1. The molecule has 0 atom stereocenters. The molecule has 1 aliphatic heterocycles. The number of carbonyl (C=O) groups is 1. The van der Waals surface area contributed by atoms with E-state index in [4.69, 9.17) is 9.84 Å². The summed E-state index contributed by atoms with van der Waals surface area (Å²) in [5.41, 5.74) is 0.500. The Kier molecular flexibility index (Phi) is 4.10. The van der Waals surface area contributed by atoms with Gasteiger partial charge in [-0.15, -0.1) is 0 Å². The van der Waals surface area contributed by atoms with E-state index in [1.54, 1.807) is 13.8 Å². The zero-order valence-electron chi connectivity index (χ0n) is 11.6. The van der Waals surface area contributed by atoms with E-state index in [1.807, 2.05) is 18.2 Å². The first-order chi connectivity index (χ1) is 8.99. The molecule has 0 unspecified atom stereocenters. The molecule has 0 bridgehead atoms. The molecule has 19 heavy (non-hydrogen) atoms. The fourth-order valence-corrected chi connectivity index (χ4v) is 2.12. The molecule has 2 rings (SSSR count). The molecular formula is C15H21NO3. The SMILES string of the molecule is CC(C)(CCN1CCOc2ccccc2C1)C(=O)O. The van der Waals surface area contributed by atoms with Crippen LogP contribution in [-0.4, -0.2) is 35.7 Å². The molecule has 0 spiro atoms. The van der Waals surface area contributed by atoms with Crippen molar-refractivity contribution >= 4 is 5.97 Å². The lowest BCUT2D eigenvalue weighted by Gasteiger charge is -2.25. The van der Waals surface area contributed by atoms with Gasteiger partial charge in [-0.25, -0.2) is 0 Å². The van der Waals surface area contributed by atoms with Gasteiger partial charge in [0, 0.05) is 18.7 Å². The predicted octanol–water partition coefficient (Wildman–Crippen LogP) is 2.38. The number of ether oxygens (including phenoxy) is 1. The van der Waals surface area contributed by atoms with E-state index in [0.717, 1.165) is 25.4 Å². The third kappa shape index (κ3) is 3.47. The van der Waals surface area contributed by atoms with Gasteiger partial charge in [-0.05, 0) is 32.9 Å². The highest BCUT2D eigenvalue weighted by molar-refractivity contribution is 5.73. The first-order valence-corrected chi connectivity index (χ1v) is 6.65. The molecule has 1 aliphatic rings. The fraction of sp³-hybridized carbons (Fsp3) is 0.533. The van der Waals surface area contributed by atoms with Gasteiger partial charge in [0.15, 0.2) is 0 Å². The van der Waals surface area contributed by atoms with E-state index in [1.165, 1.54) is 5.56 Å². The number of aliphatic carboxylic acids is 1. The van der Waals surface area contributed by atoms with Gasteiger partial charge in [0.1, 0.15) is 12.4 Å². The summed E-state index contributed by atoms with van der Waals surface area (Å²) in [7, 11) is 0. The molecule has 0 radical (unpaired) electrons. The van der Waals surface area contributed by atoms with Gasteiger partial charge in [0.05, 0.1) is 5.41 Å². The predicted molar refractivity (Wildman–Crippen MR) is 73.2 cm³/mol. The van der Waals surface area contributed by atoms with Crippen molar-refractivity contribution in [2.24, 2.45) is 5.41 Å². The summed E-state index contributed by atoms with van der Waals surface area (Å²) in [6.07, 6.45) is 0.643.